The largest absolute Gasteiger partial charge is 0.474 e. The van der Waals surface area contributed by atoms with Crippen molar-refractivity contribution in [1.82, 2.24) is 25.1 Å². The first-order valence-corrected chi connectivity index (χ1v) is 10.4. The van der Waals surface area contributed by atoms with Gasteiger partial charge in [-0.05, 0) is 44.7 Å². The quantitative estimate of drug-likeness (QED) is 0.727. The molecule has 5 rings (SSSR count). The highest BCUT2D eigenvalue weighted by Gasteiger charge is 2.27. The zero-order valence-corrected chi connectivity index (χ0v) is 16.6. The monoisotopic (exact) mass is 394 g/mol. The van der Waals surface area contributed by atoms with E-state index < -0.39 is 0 Å². The van der Waals surface area contributed by atoms with E-state index in [1.54, 1.807) is 6.33 Å². The van der Waals surface area contributed by atoms with Gasteiger partial charge in [-0.2, -0.15) is 10.1 Å². The summed E-state index contributed by atoms with van der Waals surface area (Å²) in [6.45, 7) is 4.46. The summed E-state index contributed by atoms with van der Waals surface area (Å²) in [7, 11) is 0. The minimum absolute atomic E-state index is 0.153. The van der Waals surface area contributed by atoms with Crippen molar-refractivity contribution in [3.05, 3.63) is 36.5 Å². The van der Waals surface area contributed by atoms with Gasteiger partial charge >= 0.3 is 0 Å². The number of morpholine rings is 1. The maximum absolute atomic E-state index is 6.43. The fraction of sp³-hybridized carbons (Fsp3) is 0.524. The molecule has 0 radical (unpaired) electrons. The summed E-state index contributed by atoms with van der Waals surface area (Å²) in [5.74, 6) is 2.93. The molecule has 3 aromatic heterocycles. The van der Waals surface area contributed by atoms with Crippen molar-refractivity contribution in [3.63, 3.8) is 0 Å². The molecule has 2 aliphatic rings. The van der Waals surface area contributed by atoms with Crippen LogP contribution >= 0.6 is 0 Å². The number of fused-ring (bicyclic) bond motifs is 1. The van der Waals surface area contributed by atoms with Crippen molar-refractivity contribution in [2.75, 3.05) is 24.6 Å². The van der Waals surface area contributed by atoms with Gasteiger partial charge in [0.15, 0.2) is 5.82 Å². The zero-order chi connectivity index (χ0) is 19.6. The number of hydrogen-bond donors (Lipinski definition) is 1. The van der Waals surface area contributed by atoms with Gasteiger partial charge in [-0.25, -0.2) is 4.98 Å². The third kappa shape index (κ3) is 3.89. The molecule has 1 N–H and O–H groups in total. The van der Waals surface area contributed by atoms with Crippen LogP contribution in [0, 0.1) is 0 Å². The number of anilines is 1. The standard InChI is InChI=1S/C21H26N6O2/c1-14-12-27(9-10-28-14)19-11-18-17(3-2-8-22-18)21(25-19)29-16-6-4-15(5-7-16)20-23-13-24-26-20/h2-3,8,11,13-16H,4-7,9-10,12H2,1H3,(H,23,24,26)/t14-,15-,16+/m1/s1. The summed E-state index contributed by atoms with van der Waals surface area (Å²) in [5.41, 5.74) is 0.918. The van der Waals surface area contributed by atoms with Gasteiger partial charge in [-0.3, -0.25) is 10.1 Å². The highest BCUT2D eigenvalue weighted by molar-refractivity contribution is 5.85. The number of ether oxygens (including phenoxy) is 2. The predicted octanol–water partition coefficient (Wildman–Crippen LogP) is 3.08. The molecule has 29 heavy (non-hydrogen) atoms. The third-order valence-electron chi connectivity index (χ3n) is 5.87. The summed E-state index contributed by atoms with van der Waals surface area (Å²) in [6, 6.07) is 6.03. The van der Waals surface area contributed by atoms with E-state index in [0.717, 1.165) is 61.3 Å². The van der Waals surface area contributed by atoms with Crippen LogP contribution in [0.15, 0.2) is 30.7 Å². The fourth-order valence-electron chi connectivity index (χ4n) is 4.32. The lowest BCUT2D eigenvalue weighted by Crippen LogP contribution is -2.41. The molecule has 8 nitrogen and oxygen atoms in total. The van der Waals surface area contributed by atoms with E-state index in [1.807, 2.05) is 18.3 Å². The summed E-state index contributed by atoms with van der Waals surface area (Å²) >= 11 is 0. The first kappa shape index (κ1) is 18.3. The third-order valence-corrected chi connectivity index (χ3v) is 5.87. The van der Waals surface area contributed by atoms with Crippen LogP contribution < -0.4 is 9.64 Å². The maximum Gasteiger partial charge on any atom is 0.225 e. The molecule has 152 valence electrons. The van der Waals surface area contributed by atoms with E-state index in [9.17, 15) is 0 Å². The smallest absolute Gasteiger partial charge is 0.225 e. The van der Waals surface area contributed by atoms with Crippen LogP contribution in [-0.4, -0.2) is 57.1 Å². The van der Waals surface area contributed by atoms with E-state index in [0.29, 0.717) is 18.4 Å². The van der Waals surface area contributed by atoms with Crippen molar-refractivity contribution >= 4 is 16.7 Å². The number of pyridine rings is 2. The number of rotatable bonds is 4. The zero-order valence-electron chi connectivity index (χ0n) is 16.6. The van der Waals surface area contributed by atoms with E-state index in [2.05, 4.69) is 38.1 Å². The summed E-state index contributed by atoms with van der Waals surface area (Å²) in [6.07, 6.45) is 7.82. The lowest BCUT2D eigenvalue weighted by molar-refractivity contribution is 0.0528. The first-order valence-electron chi connectivity index (χ1n) is 10.4. The van der Waals surface area contributed by atoms with Crippen molar-refractivity contribution in [2.45, 2.75) is 50.7 Å². The molecular formula is C21H26N6O2. The van der Waals surface area contributed by atoms with Crippen molar-refractivity contribution in [2.24, 2.45) is 0 Å². The summed E-state index contributed by atoms with van der Waals surface area (Å²) < 4.78 is 12.1. The molecule has 0 spiro atoms. The van der Waals surface area contributed by atoms with Gasteiger partial charge in [0.25, 0.3) is 0 Å². The Morgan fingerprint density at radius 2 is 2.10 bits per heavy atom. The Morgan fingerprint density at radius 3 is 2.90 bits per heavy atom. The number of nitrogens with zero attached hydrogens (tertiary/aromatic N) is 5. The molecule has 1 aliphatic heterocycles. The Bertz CT molecular complexity index is 955. The second kappa shape index (κ2) is 7.94. The molecular weight excluding hydrogens is 368 g/mol. The van der Waals surface area contributed by atoms with E-state index in [4.69, 9.17) is 14.5 Å². The van der Waals surface area contributed by atoms with Crippen LogP contribution in [-0.2, 0) is 4.74 Å². The lowest BCUT2D eigenvalue weighted by Gasteiger charge is -2.32. The highest BCUT2D eigenvalue weighted by atomic mass is 16.5. The minimum atomic E-state index is 0.153. The van der Waals surface area contributed by atoms with Crippen molar-refractivity contribution in [3.8, 4) is 5.88 Å². The SMILES string of the molecule is C[C@@H]1CN(c2cc3ncccc3c(O[C@H]3CC[C@@H](c4nc[nH]n4)CC3)n2)CCO1. The maximum atomic E-state index is 6.43. The molecule has 0 bridgehead atoms. The predicted molar refractivity (Wildman–Crippen MR) is 109 cm³/mol. The Kier molecular flexibility index (Phi) is 5.01. The number of aromatic nitrogens is 5. The number of H-pyrrole nitrogens is 1. The molecule has 1 saturated heterocycles. The van der Waals surface area contributed by atoms with Gasteiger partial charge in [-0.15, -0.1) is 0 Å². The minimum Gasteiger partial charge on any atom is -0.474 e. The molecule has 1 saturated carbocycles. The fourth-order valence-corrected chi connectivity index (χ4v) is 4.32. The molecule has 1 aliphatic carbocycles. The highest BCUT2D eigenvalue weighted by Crippen LogP contribution is 2.35. The molecule has 1 atom stereocenters. The number of aromatic amines is 1. The van der Waals surface area contributed by atoms with Gasteiger partial charge < -0.3 is 14.4 Å². The molecule has 2 fully saturated rings. The van der Waals surface area contributed by atoms with Crippen LogP contribution in [0.5, 0.6) is 5.88 Å². The van der Waals surface area contributed by atoms with E-state index in [-0.39, 0.29) is 12.2 Å². The Hall–Kier alpha value is -2.74. The van der Waals surface area contributed by atoms with Gasteiger partial charge in [-0.1, -0.05) is 0 Å². The molecule has 0 aromatic carbocycles. The average molecular weight is 394 g/mol. The van der Waals surface area contributed by atoms with Crippen LogP contribution in [0.4, 0.5) is 5.82 Å². The number of hydrogen-bond acceptors (Lipinski definition) is 7. The van der Waals surface area contributed by atoms with Crippen LogP contribution in [0.2, 0.25) is 0 Å². The molecule has 4 heterocycles. The lowest BCUT2D eigenvalue weighted by atomic mass is 9.87. The van der Waals surface area contributed by atoms with Gasteiger partial charge in [0.1, 0.15) is 18.2 Å². The van der Waals surface area contributed by atoms with Crippen LogP contribution in [0.3, 0.4) is 0 Å². The molecule has 0 unspecified atom stereocenters. The Balaban J connectivity index is 1.36. The topological polar surface area (TPSA) is 89.1 Å². The Labute approximate surface area is 169 Å². The van der Waals surface area contributed by atoms with Crippen LogP contribution in [0.25, 0.3) is 10.9 Å². The van der Waals surface area contributed by atoms with Crippen molar-refractivity contribution in [1.29, 1.82) is 0 Å². The second-order valence-corrected chi connectivity index (χ2v) is 7.93. The molecule has 3 aromatic rings. The summed E-state index contributed by atoms with van der Waals surface area (Å²) in [5, 5.41) is 8.03. The van der Waals surface area contributed by atoms with Crippen molar-refractivity contribution < 1.29 is 9.47 Å². The molecule has 8 heteroatoms. The number of nitrogens with one attached hydrogen (secondary N) is 1. The van der Waals surface area contributed by atoms with E-state index >= 15 is 0 Å². The van der Waals surface area contributed by atoms with Gasteiger partial charge in [0, 0.05) is 31.3 Å². The Morgan fingerprint density at radius 1 is 1.21 bits per heavy atom. The van der Waals surface area contributed by atoms with E-state index in [1.165, 1.54) is 0 Å². The first-order chi connectivity index (χ1) is 14.3. The van der Waals surface area contributed by atoms with Gasteiger partial charge in [0.2, 0.25) is 5.88 Å². The van der Waals surface area contributed by atoms with Gasteiger partial charge in [0.05, 0.1) is 23.6 Å². The average Bonchev–Trinajstić information content (AvgIpc) is 3.29. The normalized spacial score (nSPS) is 25.3. The van der Waals surface area contributed by atoms with Crippen LogP contribution in [0.1, 0.15) is 44.3 Å². The molecule has 0 amide bonds. The second-order valence-electron chi connectivity index (χ2n) is 7.93. The summed E-state index contributed by atoms with van der Waals surface area (Å²) in [4.78, 5) is 16.0.